The number of nitrogens with zero attached hydrogens (tertiary/aromatic N) is 3. The Labute approximate surface area is 324 Å². The van der Waals surface area contributed by atoms with Gasteiger partial charge in [-0.15, -0.1) is 10.2 Å². The molecule has 0 bridgehead atoms. The molecule has 4 aromatic carbocycles. The second kappa shape index (κ2) is 19.3. The third-order valence-corrected chi connectivity index (χ3v) is 10.0. The van der Waals surface area contributed by atoms with Crippen LogP contribution >= 0.6 is 46.4 Å². The van der Waals surface area contributed by atoms with Gasteiger partial charge in [0.05, 0.1) is 32.0 Å². The van der Waals surface area contributed by atoms with E-state index in [2.05, 4.69) is 27.6 Å². The fourth-order valence-corrected chi connectivity index (χ4v) is 7.20. The van der Waals surface area contributed by atoms with Crippen molar-refractivity contribution in [1.82, 2.24) is 9.78 Å². The van der Waals surface area contributed by atoms with Gasteiger partial charge in [-0.2, -0.15) is 0 Å². The molecule has 5 aromatic rings. The van der Waals surface area contributed by atoms with E-state index < -0.39 is 11.5 Å². The Hall–Kier alpha value is -3.82. The number of hydrogen-bond donors (Lipinski definition) is 2. The quantitative estimate of drug-likeness (QED) is 0.0525. The smallest absolute Gasteiger partial charge is 0.338 e. The van der Waals surface area contributed by atoms with E-state index in [1.807, 2.05) is 49.4 Å². The fourth-order valence-electron chi connectivity index (χ4n) is 6.04. The van der Waals surface area contributed by atoms with Crippen molar-refractivity contribution in [3.63, 3.8) is 0 Å². The molecule has 5 rings (SSSR count). The zero-order chi connectivity index (χ0) is 37.0. The summed E-state index contributed by atoms with van der Waals surface area (Å²) in [7, 11) is 0. The van der Waals surface area contributed by atoms with Crippen molar-refractivity contribution >= 4 is 86.0 Å². The first kappa shape index (κ1) is 39.4. The van der Waals surface area contributed by atoms with Gasteiger partial charge in [0.2, 0.25) is 0 Å². The van der Waals surface area contributed by atoms with Crippen LogP contribution in [0.4, 0.5) is 22.9 Å². The van der Waals surface area contributed by atoms with Gasteiger partial charge in [0, 0.05) is 10.4 Å². The largest absolute Gasteiger partial charge is 0.459 e. The van der Waals surface area contributed by atoms with Crippen LogP contribution < -0.4 is 10.9 Å². The lowest BCUT2D eigenvalue weighted by molar-refractivity contribution is 0.0267. The zero-order valence-corrected chi connectivity index (χ0v) is 32.4. The lowest BCUT2D eigenvalue weighted by Crippen LogP contribution is -2.17. The molecule has 2 N–H and O–H groups in total. The Morgan fingerprint density at radius 1 is 0.808 bits per heavy atom. The first-order chi connectivity index (χ1) is 25.2. The van der Waals surface area contributed by atoms with E-state index in [-0.39, 0.29) is 33.3 Å². The molecule has 0 saturated heterocycles. The Morgan fingerprint density at radius 3 is 2.19 bits per heavy atom. The number of azo groups is 1. The van der Waals surface area contributed by atoms with Crippen molar-refractivity contribution in [2.24, 2.45) is 10.2 Å². The summed E-state index contributed by atoms with van der Waals surface area (Å²) >= 11 is 25.8. The van der Waals surface area contributed by atoms with Crippen LogP contribution in [-0.2, 0) is 4.74 Å². The number of anilines is 2. The molecule has 0 fully saturated rings. The van der Waals surface area contributed by atoms with Gasteiger partial charge in [0.25, 0.3) is 0 Å². The van der Waals surface area contributed by atoms with E-state index in [9.17, 15) is 9.59 Å². The molecular formula is C40H43Cl4N5O3. The lowest BCUT2D eigenvalue weighted by atomic mass is 10.0. The fraction of sp³-hybridized carbons (Fsp3) is 0.350. The van der Waals surface area contributed by atoms with Crippen LogP contribution in [0.2, 0.25) is 20.1 Å². The van der Waals surface area contributed by atoms with E-state index in [1.54, 1.807) is 18.2 Å². The average molecular weight is 784 g/mol. The highest BCUT2D eigenvalue weighted by atomic mass is 35.5. The van der Waals surface area contributed by atoms with E-state index in [1.165, 1.54) is 57.1 Å². The molecule has 52 heavy (non-hydrogen) atoms. The molecule has 0 radical (unpaired) electrons. The minimum atomic E-state index is -0.591. The summed E-state index contributed by atoms with van der Waals surface area (Å²) in [5, 5.41) is 17.7. The number of aromatic amines is 1. The van der Waals surface area contributed by atoms with Crippen LogP contribution in [-0.4, -0.2) is 21.9 Å². The highest BCUT2D eigenvalue weighted by Gasteiger charge is 2.22. The summed E-state index contributed by atoms with van der Waals surface area (Å²) in [5.41, 5.74) is 0.716. The molecule has 12 heteroatoms. The predicted octanol–water partition coefficient (Wildman–Crippen LogP) is 13.9. The second-order valence-electron chi connectivity index (χ2n) is 12.8. The van der Waals surface area contributed by atoms with Crippen LogP contribution in [0.5, 0.6) is 0 Å². The maximum absolute atomic E-state index is 13.9. The van der Waals surface area contributed by atoms with Crippen molar-refractivity contribution < 1.29 is 9.53 Å². The van der Waals surface area contributed by atoms with Gasteiger partial charge < -0.3 is 10.1 Å². The maximum Gasteiger partial charge on any atom is 0.338 e. The molecule has 0 aliphatic carbocycles. The number of fused-ring (bicyclic) bond motifs is 1. The van der Waals surface area contributed by atoms with Crippen LogP contribution in [0.25, 0.3) is 16.5 Å². The van der Waals surface area contributed by atoms with Gasteiger partial charge in [0.1, 0.15) is 11.8 Å². The number of ether oxygens (including phenoxy) is 1. The van der Waals surface area contributed by atoms with E-state index in [4.69, 9.17) is 51.1 Å². The van der Waals surface area contributed by atoms with E-state index in [0.717, 1.165) is 41.1 Å². The number of carbonyl (C=O) groups is 1. The number of H-pyrrole nitrogens is 1. The third-order valence-electron chi connectivity index (χ3n) is 8.92. The van der Waals surface area contributed by atoms with Crippen LogP contribution in [0.3, 0.4) is 0 Å². The predicted molar refractivity (Wildman–Crippen MR) is 216 cm³/mol. The molecule has 1 aromatic heterocycles. The topological polar surface area (TPSA) is 101 Å². The van der Waals surface area contributed by atoms with Crippen LogP contribution in [0, 0.1) is 0 Å². The summed E-state index contributed by atoms with van der Waals surface area (Å²) in [6.45, 7) is 4.26. The Morgan fingerprint density at radius 2 is 1.48 bits per heavy atom. The van der Waals surface area contributed by atoms with Crippen LogP contribution in [0.15, 0.2) is 87.8 Å². The number of aromatic nitrogens is 2. The summed E-state index contributed by atoms with van der Waals surface area (Å²) in [5.74, 6) is -0.315. The molecule has 0 spiro atoms. The molecule has 8 nitrogen and oxygen atoms in total. The molecule has 0 aliphatic heterocycles. The van der Waals surface area contributed by atoms with Crippen molar-refractivity contribution in [2.75, 3.05) is 5.32 Å². The second-order valence-corrected chi connectivity index (χ2v) is 14.4. The Kier molecular flexibility index (Phi) is 14.6. The minimum Gasteiger partial charge on any atom is -0.459 e. The number of rotatable bonds is 18. The number of benzene rings is 4. The number of esters is 1. The van der Waals surface area contributed by atoms with E-state index >= 15 is 0 Å². The average Bonchev–Trinajstić information content (AvgIpc) is 3.43. The maximum atomic E-state index is 13.9. The number of halogens is 4. The highest BCUT2D eigenvalue weighted by molar-refractivity contribution is 6.40. The van der Waals surface area contributed by atoms with Gasteiger partial charge >= 0.3 is 11.5 Å². The van der Waals surface area contributed by atoms with Gasteiger partial charge in [0.15, 0.2) is 11.5 Å². The SMILES string of the molecule is CCCCCCCCCCCC(CC)OC(=O)c1ccc(Cl)c(Nc2[nH]n(-c3c(Cl)cc(Cl)cc3Cl)c(=O)c2N=Nc2cccc3ccccc23)c1. The van der Waals surface area contributed by atoms with Crippen molar-refractivity contribution in [2.45, 2.75) is 90.6 Å². The monoisotopic (exact) mass is 781 g/mol. The standard InChI is InChI=1S/C40H43Cl4N5O3/c1-3-5-6-7-8-9-10-11-12-18-29(4-2)52-40(51)27-21-22-31(42)35(23-27)45-38-36(47-46-34-20-15-17-26-16-13-14-19-30(26)34)39(50)49(48-38)37-32(43)24-28(41)25-33(37)44/h13-17,19-25,29,45,48H,3-12,18H2,1-2H3. The number of nitrogens with one attached hydrogen (secondary N) is 2. The normalized spacial score (nSPS) is 12.1. The molecule has 1 atom stereocenters. The number of carbonyl (C=O) groups excluding carboxylic acids is 1. The van der Waals surface area contributed by atoms with Gasteiger partial charge in [-0.3, -0.25) is 9.89 Å². The number of unbranched alkanes of at least 4 members (excludes halogenated alkanes) is 8. The van der Waals surface area contributed by atoms with Crippen molar-refractivity contribution in [3.8, 4) is 5.69 Å². The molecule has 0 aliphatic rings. The first-order valence-electron chi connectivity index (χ1n) is 17.9. The zero-order valence-electron chi connectivity index (χ0n) is 29.4. The molecular weight excluding hydrogens is 740 g/mol. The van der Waals surface area contributed by atoms with Crippen LogP contribution in [0.1, 0.15) is 94.8 Å². The summed E-state index contributed by atoms with van der Waals surface area (Å²) in [4.78, 5) is 27.3. The summed E-state index contributed by atoms with van der Waals surface area (Å²) in [6, 6.07) is 21.1. The minimum absolute atomic E-state index is 0.0777. The Bertz CT molecular complexity index is 2050. The first-order valence-corrected chi connectivity index (χ1v) is 19.4. The van der Waals surface area contributed by atoms with Gasteiger partial charge in [-0.25, -0.2) is 9.48 Å². The van der Waals surface area contributed by atoms with Gasteiger partial charge in [-0.1, -0.05) is 148 Å². The third kappa shape index (κ3) is 10.2. The molecule has 0 saturated carbocycles. The summed E-state index contributed by atoms with van der Waals surface area (Å²) in [6.07, 6.45) is 12.4. The highest BCUT2D eigenvalue weighted by Crippen LogP contribution is 2.36. The van der Waals surface area contributed by atoms with E-state index in [0.29, 0.717) is 27.0 Å². The summed E-state index contributed by atoms with van der Waals surface area (Å²) < 4.78 is 7.08. The molecule has 0 amide bonds. The Balaban J connectivity index is 1.37. The number of hydrogen-bond acceptors (Lipinski definition) is 6. The van der Waals surface area contributed by atoms with Gasteiger partial charge in [-0.05, 0) is 61.0 Å². The molecule has 1 heterocycles. The molecule has 274 valence electrons. The van der Waals surface area contributed by atoms with Crippen molar-refractivity contribution in [3.05, 3.63) is 109 Å². The van der Waals surface area contributed by atoms with Crippen molar-refractivity contribution in [1.29, 1.82) is 0 Å². The molecule has 1 unspecified atom stereocenters. The lowest BCUT2D eigenvalue weighted by Gasteiger charge is -2.17.